The summed E-state index contributed by atoms with van der Waals surface area (Å²) >= 11 is 0. The highest BCUT2D eigenvalue weighted by Gasteiger charge is 2.27. The summed E-state index contributed by atoms with van der Waals surface area (Å²) in [5.41, 5.74) is 0. The maximum Gasteiger partial charge on any atom is 0.303 e. The van der Waals surface area contributed by atoms with E-state index in [2.05, 4.69) is 6.92 Å². The number of hydrogen-bond acceptors (Lipinski definition) is 3. The van der Waals surface area contributed by atoms with E-state index in [4.69, 9.17) is 5.11 Å². The SMILES string of the molecule is CCCCC[C@@H]1C=CC(=O)[C@@H]1/C=C/[C@@H](O)CCCCC(=O)O. The van der Waals surface area contributed by atoms with Gasteiger partial charge in [-0.15, -0.1) is 0 Å². The number of allylic oxidation sites excluding steroid dienone is 3. The van der Waals surface area contributed by atoms with Gasteiger partial charge in [0.1, 0.15) is 0 Å². The quantitative estimate of drug-likeness (QED) is 0.452. The van der Waals surface area contributed by atoms with Crippen LogP contribution in [0.2, 0.25) is 0 Å². The van der Waals surface area contributed by atoms with Crippen LogP contribution in [0.25, 0.3) is 0 Å². The van der Waals surface area contributed by atoms with Gasteiger partial charge in [0.15, 0.2) is 5.78 Å². The molecule has 1 rings (SSSR count). The van der Waals surface area contributed by atoms with Crippen LogP contribution in [-0.4, -0.2) is 28.1 Å². The second kappa shape index (κ2) is 10.3. The number of carbonyl (C=O) groups excluding carboxylic acids is 1. The lowest BCUT2D eigenvalue weighted by molar-refractivity contribution is -0.137. The minimum Gasteiger partial charge on any atom is -0.481 e. The van der Waals surface area contributed by atoms with E-state index in [1.165, 1.54) is 12.8 Å². The summed E-state index contributed by atoms with van der Waals surface area (Å²) in [4.78, 5) is 22.3. The van der Waals surface area contributed by atoms with Crippen molar-refractivity contribution in [3.05, 3.63) is 24.3 Å². The lowest BCUT2D eigenvalue weighted by atomic mass is 9.89. The average Bonchev–Trinajstić information content (AvgIpc) is 2.82. The first-order valence-corrected chi connectivity index (χ1v) is 8.34. The molecule has 0 aromatic rings. The zero-order valence-electron chi connectivity index (χ0n) is 13.4. The molecule has 0 spiro atoms. The summed E-state index contributed by atoms with van der Waals surface area (Å²) in [7, 11) is 0. The summed E-state index contributed by atoms with van der Waals surface area (Å²) in [6.07, 6.45) is 13.0. The number of hydrogen-bond donors (Lipinski definition) is 2. The third-order valence-electron chi connectivity index (χ3n) is 4.12. The minimum atomic E-state index is -0.803. The van der Waals surface area contributed by atoms with Crippen LogP contribution in [0, 0.1) is 11.8 Å². The molecule has 0 bridgehead atoms. The first-order chi connectivity index (χ1) is 10.5. The molecule has 0 aromatic heterocycles. The average molecular weight is 308 g/mol. The highest BCUT2D eigenvalue weighted by Crippen LogP contribution is 2.28. The van der Waals surface area contributed by atoms with Crippen LogP contribution >= 0.6 is 0 Å². The predicted molar refractivity (Wildman–Crippen MR) is 86.5 cm³/mol. The van der Waals surface area contributed by atoms with Crippen molar-refractivity contribution in [2.75, 3.05) is 0 Å². The Kier molecular flexibility index (Phi) is 8.75. The summed E-state index contributed by atoms with van der Waals surface area (Å²) in [6.45, 7) is 2.16. The van der Waals surface area contributed by atoms with E-state index in [1.54, 1.807) is 12.2 Å². The highest BCUT2D eigenvalue weighted by molar-refractivity contribution is 5.95. The van der Waals surface area contributed by atoms with E-state index < -0.39 is 12.1 Å². The Morgan fingerprint density at radius 1 is 1.32 bits per heavy atom. The van der Waals surface area contributed by atoms with Gasteiger partial charge in [-0.3, -0.25) is 9.59 Å². The molecule has 3 atom stereocenters. The first kappa shape index (κ1) is 18.6. The maximum atomic E-state index is 11.9. The molecule has 0 heterocycles. The van der Waals surface area contributed by atoms with E-state index in [9.17, 15) is 14.7 Å². The predicted octanol–water partition coefficient (Wildman–Crippen LogP) is 3.50. The molecule has 0 fully saturated rings. The van der Waals surface area contributed by atoms with Crippen LogP contribution in [0.4, 0.5) is 0 Å². The fourth-order valence-corrected chi connectivity index (χ4v) is 2.78. The first-order valence-electron chi connectivity index (χ1n) is 8.34. The Bertz CT molecular complexity index is 411. The van der Waals surface area contributed by atoms with Crippen molar-refractivity contribution in [1.82, 2.24) is 0 Å². The molecular weight excluding hydrogens is 280 g/mol. The maximum absolute atomic E-state index is 11.9. The molecule has 22 heavy (non-hydrogen) atoms. The molecule has 0 unspecified atom stereocenters. The Balaban J connectivity index is 2.35. The normalized spacial score (nSPS) is 22.5. The van der Waals surface area contributed by atoms with Gasteiger partial charge in [0.2, 0.25) is 0 Å². The van der Waals surface area contributed by atoms with Gasteiger partial charge in [-0.1, -0.05) is 44.4 Å². The fourth-order valence-electron chi connectivity index (χ4n) is 2.78. The number of carboxylic acids is 1. The van der Waals surface area contributed by atoms with Crippen molar-refractivity contribution in [2.45, 2.75) is 64.4 Å². The topological polar surface area (TPSA) is 74.6 Å². The number of rotatable bonds is 11. The van der Waals surface area contributed by atoms with Gasteiger partial charge in [0, 0.05) is 12.3 Å². The third-order valence-corrected chi connectivity index (χ3v) is 4.12. The van der Waals surface area contributed by atoms with Gasteiger partial charge in [-0.2, -0.15) is 0 Å². The standard InChI is InChI=1S/C18H28O4/c1-2-3-4-7-14-10-13-17(20)16(14)12-11-15(19)8-5-6-9-18(21)22/h10-16,19H,2-9H2,1H3,(H,21,22)/b12-11+/t14-,15+,16-/m1/s1. The Hall–Kier alpha value is -1.42. The Morgan fingerprint density at radius 2 is 2.09 bits per heavy atom. The summed E-state index contributed by atoms with van der Waals surface area (Å²) < 4.78 is 0. The number of aliphatic carboxylic acids is 1. The molecule has 0 saturated carbocycles. The van der Waals surface area contributed by atoms with Gasteiger partial charge in [-0.25, -0.2) is 0 Å². The number of ketones is 1. The number of carbonyl (C=O) groups is 2. The van der Waals surface area contributed by atoms with Gasteiger partial charge in [-0.05, 0) is 37.7 Å². The van der Waals surface area contributed by atoms with Gasteiger partial charge >= 0.3 is 5.97 Å². The van der Waals surface area contributed by atoms with Crippen LogP contribution in [0.1, 0.15) is 58.3 Å². The van der Waals surface area contributed by atoms with Crippen LogP contribution in [0.3, 0.4) is 0 Å². The van der Waals surface area contributed by atoms with Crippen LogP contribution in [-0.2, 0) is 9.59 Å². The second-order valence-electron chi connectivity index (χ2n) is 6.04. The molecule has 124 valence electrons. The number of aliphatic hydroxyl groups is 1. The highest BCUT2D eigenvalue weighted by atomic mass is 16.4. The number of unbranched alkanes of at least 4 members (excludes halogenated alkanes) is 3. The zero-order chi connectivity index (χ0) is 16.4. The fraction of sp³-hybridized carbons (Fsp3) is 0.667. The minimum absolute atomic E-state index is 0.121. The number of carboxylic acid groups (broad SMARTS) is 1. The van der Waals surface area contributed by atoms with Gasteiger partial charge in [0.25, 0.3) is 0 Å². The van der Waals surface area contributed by atoms with E-state index >= 15 is 0 Å². The van der Waals surface area contributed by atoms with Crippen molar-refractivity contribution in [3.8, 4) is 0 Å². The van der Waals surface area contributed by atoms with Crippen molar-refractivity contribution >= 4 is 11.8 Å². The van der Waals surface area contributed by atoms with E-state index in [0.717, 1.165) is 12.8 Å². The van der Waals surface area contributed by atoms with Crippen molar-refractivity contribution in [3.63, 3.8) is 0 Å². The molecule has 1 aliphatic carbocycles. The lowest BCUT2D eigenvalue weighted by Gasteiger charge is -2.15. The molecular formula is C18H28O4. The molecule has 0 saturated heterocycles. The summed E-state index contributed by atoms with van der Waals surface area (Å²) in [6, 6.07) is 0. The lowest BCUT2D eigenvalue weighted by Crippen LogP contribution is -2.14. The van der Waals surface area contributed by atoms with Crippen molar-refractivity contribution in [1.29, 1.82) is 0 Å². The second-order valence-corrected chi connectivity index (χ2v) is 6.04. The van der Waals surface area contributed by atoms with Crippen LogP contribution in [0.5, 0.6) is 0 Å². The Labute approximate surface area is 132 Å². The molecule has 0 amide bonds. The zero-order valence-corrected chi connectivity index (χ0v) is 13.4. The smallest absolute Gasteiger partial charge is 0.303 e. The molecule has 0 aromatic carbocycles. The third kappa shape index (κ3) is 7.03. The van der Waals surface area contributed by atoms with E-state index in [0.29, 0.717) is 19.3 Å². The van der Waals surface area contributed by atoms with Gasteiger partial charge < -0.3 is 10.2 Å². The molecule has 1 aliphatic rings. The Morgan fingerprint density at radius 3 is 2.77 bits per heavy atom. The summed E-state index contributed by atoms with van der Waals surface area (Å²) in [5, 5.41) is 18.4. The van der Waals surface area contributed by atoms with E-state index in [1.807, 2.05) is 12.2 Å². The largest absolute Gasteiger partial charge is 0.481 e. The van der Waals surface area contributed by atoms with Crippen LogP contribution in [0.15, 0.2) is 24.3 Å². The van der Waals surface area contributed by atoms with Crippen LogP contribution < -0.4 is 0 Å². The van der Waals surface area contributed by atoms with Crippen molar-refractivity contribution < 1.29 is 19.8 Å². The van der Waals surface area contributed by atoms with Crippen molar-refractivity contribution in [2.24, 2.45) is 11.8 Å². The molecule has 0 radical (unpaired) electrons. The molecule has 0 aliphatic heterocycles. The molecule has 4 nitrogen and oxygen atoms in total. The molecule has 4 heteroatoms. The van der Waals surface area contributed by atoms with E-state index in [-0.39, 0.29) is 24.0 Å². The van der Waals surface area contributed by atoms with Gasteiger partial charge in [0.05, 0.1) is 6.10 Å². The number of aliphatic hydroxyl groups excluding tert-OH is 1. The molecule has 2 N–H and O–H groups in total. The summed E-state index contributed by atoms with van der Waals surface area (Å²) in [5.74, 6) is -0.557. The monoisotopic (exact) mass is 308 g/mol.